The SMILES string of the molecule is O=C1CC(C(=O)NC2CCSC2=O)CS1. The van der Waals surface area contributed by atoms with Crippen LogP contribution < -0.4 is 5.32 Å². The van der Waals surface area contributed by atoms with Gasteiger partial charge in [0.25, 0.3) is 0 Å². The highest BCUT2D eigenvalue weighted by atomic mass is 32.2. The third kappa shape index (κ3) is 2.55. The molecule has 2 aliphatic heterocycles. The van der Waals surface area contributed by atoms with Crippen molar-refractivity contribution in [3.8, 4) is 0 Å². The Balaban J connectivity index is 1.86. The van der Waals surface area contributed by atoms with E-state index in [2.05, 4.69) is 5.32 Å². The molecule has 0 bridgehead atoms. The summed E-state index contributed by atoms with van der Waals surface area (Å²) in [5.74, 6) is 0.955. The lowest BCUT2D eigenvalue weighted by atomic mass is 10.1. The number of nitrogens with one attached hydrogen (secondary N) is 1. The summed E-state index contributed by atoms with van der Waals surface area (Å²) < 4.78 is 0. The van der Waals surface area contributed by atoms with Gasteiger partial charge in [0.15, 0.2) is 5.12 Å². The largest absolute Gasteiger partial charge is 0.345 e. The average Bonchev–Trinajstić information content (AvgIpc) is 2.77. The van der Waals surface area contributed by atoms with Crippen LogP contribution in [0.1, 0.15) is 12.8 Å². The Morgan fingerprint density at radius 1 is 1.33 bits per heavy atom. The molecule has 2 aliphatic rings. The van der Waals surface area contributed by atoms with Crippen molar-refractivity contribution in [3.63, 3.8) is 0 Å². The summed E-state index contributed by atoms with van der Waals surface area (Å²) >= 11 is 2.47. The molecule has 0 aromatic rings. The maximum Gasteiger partial charge on any atom is 0.225 e. The number of thioether (sulfide) groups is 2. The molecule has 2 heterocycles. The lowest BCUT2D eigenvalue weighted by molar-refractivity contribution is -0.128. The Morgan fingerprint density at radius 3 is 2.67 bits per heavy atom. The summed E-state index contributed by atoms with van der Waals surface area (Å²) in [6, 6.07) is -0.330. The van der Waals surface area contributed by atoms with Crippen LogP contribution >= 0.6 is 23.5 Å². The molecule has 2 saturated heterocycles. The molecule has 4 nitrogen and oxygen atoms in total. The fraction of sp³-hybridized carbons (Fsp3) is 0.667. The zero-order chi connectivity index (χ0) is 10.8. The normalized spacial score (nSPS) is 30.9. The van der Waals surface area contributed by atoms with E-state index in [0.717, 1.165) is 5.75 Å². The third-order valence-electron chi connectivity index (χ3n) is 2.48. The second kappa shape index (κ2) is 4.57. The minimum atomic E-state index is -0.330. The van der Waals surface area contributed by atoms with Crippen molar-refractivity contribution < 1.29 is 14.4 Å². The number of carbonyl (C=O) groups excluding carboxylic acids is 3. The van der Waals surface area contributed by atoms with Gasteiger partial charge in [0, 0.05) is 17.9 Å². The highest BCUT2D eigenvalue weighted by Crippen LogP contribution is 2.26. The van der Waals surface area contributed by atoms with Crippen LogP contribution in [0, 0.1) is 5.92 Å². The summed E-state index contributed by atoms with van der Waals surface area (Å²) in [6.07, 6.45) is 1.02. The molecule has 2 rings (SSSR count). The van der Waals surface area contributed by atoms with Crippen LogP contribution in [-0.4, -0.2) is 33.7 Å². The number of rotatable bonds is 2. The van der Waals surface area contributed by atoms with Gasteiger partial charge in [0.2, 0.25) is 11.0 Å². The quantitative estimate of drug-likeness (QED) is 0.763. The maximum atomic E-state index is 11.7. The summed E-state index contributed by atoms with van der Waals surface area (Å²) in [5, 5.41) is 2.83. The highest BCUT2D eigenvalue weighted by molar-refractivity contribution is 8.14. The van der Waals surface area contributed by atoms with Gasteiger partial charge < -0.3 is 5.32 Å². The third-order valence-corrected chi connectivity index (χ3v) is 4.55. The van der Waals surface area contributed by atoms with E-state index in [1.807, 2.05) is 0 Å². The van der Waals surface area contributed by atoms with E-state index in [0.29, 0.717) is 18.6 Å². The molecule has 0 saturated carbocycles. The van der Waals surface area contributed by atoms with E-state index < -0.39 is 0 Å². The fourth-order valence-electron chi connectivity index (χ4n) is 1.60. The van der Waals surface area contributed by atoms with Crippen LogP contribution in [0.2, 0.25) is 0 Å². The van der Waals surface area contributed by atoms with Gasteiger partial charge in [-0.15, -0.1) is 0 Å². The molecule has 2 fully saturated rings. The lowest BCUT2D eigenvalue weighted by Gasteiger charge is -2.13. The van der Waals surface area contributed by atoms with E-state index in [-0.39, 0.29) is 28.1 Å². The Kier molecular flexibility index (Phi) is 3.35. The first-order valence-electron chi connectivity index (χ1n) is 4.79. The number of carbonyl (C=O) groups is 3. The van der Waals surface area contributed by atoms with E-state index in [1.54, 1.807) is 0 Å². The molecule has 0 aliphatic carbocycles. The number of hydrogen-bond donors (Lipinski definition) is 1. The van der Waals surface area contributed by atoms with Gasteiger partial charge in [0.1, 0.15) is 0 Å². The first kappa shape index (κ1) is 11.0. The molecule has 0 radical (unpaired) electrons. The Bertz CT molecular complexity index is 318. The first-order chi connectivity index (χ1) is 7.16. The van der Waals surface area contributed by atoms with Gasteiger partial charge in [-0.1, -0.05) is 23.5 Å². The molecule has 0 aromatic heterocycles. The van der Waals surface area contributed by atoms with Crippen LogP contribution in [0.3, 0.4) is 0 Å². The molecular formula is C9H11NO3S2. The maximum absolute atomic E-state index is 11.7. The fourth-order valence-corrected chi connectivity index (χ4v) is 3.51. The summed E-state index contributed by atoms with van der Waals surface area (Å²) in [7, 11) is 0. The van der Waals surface area contributed by atoms with Gasteiger partial charge in [-0.2, -0.15) is 0 Å². The molecule has 2 unspecified atom stereocenters. The van der Waals surface area contributed by atoms with Crippen molar-refractivity contribution in [1.29, 1.82) is 0 Å². The van der Waals surface area contributed by atoms with Crippen molar-refractivity contribution in [2.75, 3.05) is 11.5 Å². The standard InChI is InChI=1S/C9H11NO3S2/c11-7-3-5(4-15-7)8(12)10-6-1-2-14-9(6)13/h5-6H,1-4H2,(H,10,12). The van der Waals surface area contributed by atoms with Crippen LogP contribution in [0.25, 0.3) is 0 Å². The molecule has 0 aromatic carbocycles. The monoisotopic (exact) mass is 245 g/mol. The van der Waals surface area contributed by atoms with Crippen molar-refractivity contribution in [2.45, 2.75) is 18.9 Å². The van der Waals surface area contributed by atoms with Crippen LogP contribution in [0.4, 0.5) is 0 Å². The van der Waals surface area contributed by atoms with Crippen molar-refractivity contribution >= 4 is 39.7 Å². The second-order valence-electron chi connectivity index (χ2n) is 3.60. The Morgan fingerprint density at radius 2 is 2.13 bits per heavy atom. The number of amides is 1. The minimum Gasteiger partial charge on any atom is -0.345 e. The van der Waals surface area contributed by atoms with E-state index in [9.17, 15) is 14.4 Å². The van der Waals surface area contributed by atoms with Gasteiger partial charge in [-0.25, -0.2) is 0 Å². The van der Waals surface area contributed by atoms with Crippen LogP contribution in [0.15, 0.2) is 0 Å². The minimum absolute atomic E-state index is 0.0420. The van der Waals surface area contributed by atoms with E-state index in [4.69, 9.17) is 0 Å². The predicted molar refractivity (Wildman–Crippen MR) is 59.6 cm³/mol. The van der Waals surface area contributed by atoms with Gasteiger partial charge in [0.05, 0.1) is 12.0 Å². The van der Waals surface area contributed by atoms with Crippen molar-refractivity contribution in [2.24, 2.45) is 5.92 Å². The Hall–Kier alpha value is -0.490. The molecule has 82 valence electrons. The van der Waals surface area contributed by atoms with Gasteiger partial charge >= 0.3 is 0 Å². The van der Waals surface area contributed by atoms with Crippen molar-refractivity contribution in [3.05, 3.63) is 0 Å². The predicted octanol–water partition coefficient (Wildman–Crippen LogP) is 0.414. The molecule has 1 N–H and O–H groups in total. The van der Waals surface area contributed by atoms with Gasteiger partial charge in [-0.05, 0) is 6.42 Å². The summed E-state index contributed by atoms with van der Waals surface area (Å²) in [4.78, 5) is 33.9. The second-order valence-corrected chi connectivity index (χ2v) is 5.78. The molecule has 0 spiro atoms. The summed E-state index contributed by atoms with van der Waals surface area (Å²) in [5.41, 5.74) is 0. The lowest BCUT2D eigenvalue weighted by Crippen LogP contribution is -2.40. The first-order valence-corrected chi connectivity index (χ1v) is 6.76. The van der Waals surface area contributed by atoms with Crippen LogP contribution in [-0.2, 0) is 14.4 Å². The zero-order valence-electron chi connectivity index (χ0n) is 8.02. The smallest absolute Gasteiger partial charge is 0.225 e. The zero-order valence-corrected chi connectivity index (χ0v) is 9.66. The number of hydrogen-bond acceptors (Lipinski definition) is 5. The van der Waals surface area contributed by atoms with Gasteiger partial charge in [-0.3, -0.25) is 14.4 Å². The highest BCUT2D eigenvalue weighted by Gasteiger charge is 2.33. The topological polar surface area (TPSA) is 63.2 Å². The Labute approximate surface area is 95.9 Å². The van der Waals surface area contributed by atoms with Crippen LogP contribution in [0.5, 0.6) is 0 Å². The molecule has 15 heavy (non-hydrogen) atoms. The average molecular weight is 245 g/mol. The summed E-state index contributed by atoms with van der Waals surface area (Å²) in [6.45, 7) is 0. The molecule has 6 heteroatoms. The van der Waals surface area contributed by atoms with E-state index in [1.165, 1.54) is 23.5 Å². The molecule has 2 atom stereocenters. The molecular weight excluding hydrogens is 234 g/mol. The molecule has 1 amide bonds. The van der Waals surface area contributed by atoms with Crippen molar-refractivity contribution in [1.82, 2.24) is 5.32 Å². The van der Waals surface area contributed by atoms with E-state index >= 15 is 0 Å².